The molecule has 3 aromatic rings. The Morgan fingerprint density at radius 1 is 1.03 bits per heavy atom. The highest BCUT2D eigenvalue weighted by Crippen LogP contribution is 2.19. The van der Waals surface area contributed by atoms with Crippen molar-refractivity contribution in [1.82, 2.24) is 29.3 Å². The highest BCUT2D eigenvalue weighted by molar-refractivity contribution is 5.20. The average Bonchev–Trinajstić information content (AvgIpc) is 3.19. The molecule has 1 aliphatic rings. The molecule has 4 rings (SSSR count). The number of aliphatic hydroxyl groups is 1. The van der Waals surface area contributed by atoms with E-state index in [1.807, 2.05) is 35.9 Å². The fourth-order valence-electron chi connectivity index (χ4n) is 4.01. The number of nitrogens with zero attached hydrogens (tertiary/aromatic N) is 6. The number of rotatable bonds is 7. The minimum atomic E-state index is 0.199. The molecule has 0 unspecified atom stereocenters. The molecule has 0 aliphatic carbocycles. The highest BCUT2D eigenvalue weighted by Gasteiger charge is 2.27. The van der Waals surface area contributed by atoms with E-state index in [-0.39, 0.29) is 6.61 Å². The Labute approximate surface area is 171 Å². The molecule has 0 radical (unpaired) electrons. The van der Waals surface area contributed by atoms with Crippen molar-refractivity contribution in [2.45, 2.75) is 32.5 Å². The lowest BCUT2D eigenvalue weighted by Crippen LogP contribution is -2.52. The Bertz CT molecular complexity index is 912. The Hall–Kier alpha value is -2.61. The van der Waals surface area contributed by atoms with E-state index >= 15 is 0 Å². The van der Waals surface area contributed by atoms with Crippen LogP contribution in [0.15, 0.2) is 55.0 Å². The molecule has 152 valence electrons. The van der Waals surface area contributed by atoms with Crippen molar-refractivity contribution < 1.29 is 5.11 Å². The standard InChI is InChI=1S/C22H28N6O/c1-18-5-2-6-19(25-18)15-27-13-12-26(16-20(27)8-14-29)17-21-7-3-11-28(21)22-23-9-4-10-24-22/h2-7,9-11,20,29H,8,12-17H2,1H3/t20-/m0/s1. The van der Waals surface area contributed by atoms with Gasteiger partial charge in [-0.25, -0.2) is 9.97 Å². The summed E-state index contributed by atoms with van der Waals surface area (Å²) in [7, 11) is 0. The second-order valence-electron chi connectivity index (χ2n) is 7.56. The van der Waals surface area contributed by atoms with E-state index in [0.717, 1.165) is 50.5 Å². The van der Waals surface area contributed by atoms with Gasteiger partial charge >= 0.3 is 0 Å². The number of aliphatic hydroxyl groups excluding tert-OH is 1. The minimum Gasteiger partial charge on any atom is -0.396 e. The lowest BCUT2D eigenvalue weighted by molar-refractivity contribution is 0.0483. The van der Waals surface area contributed by atoms with Crippen LogP contribution in [0.2, 0.25) is 0 Å². The van der Waals surface area contributed by atoms with Gasteiger partial charge in [0, 0.05) is 75.4 Å². The SMILES string of the molecule is Cc1cccc(CN2CCN(Cc3cccn3-c3ncccn3)C[C@@H]2CCO)n1. The molecule has 0 spiro atoms. The van der Waals surface area contributed by atoms with Gasteiger partial charge in [0.25, 0.3) is 0 Å². The zero-order valence-electron chi connectivity index (χ0n) is 16.9. The molecular weight excluding hydrogens is 364 g/mol. The molecule has 0 saturated carbocycles. The van der Waals surface area contributed by atoms with Gasteiger partial charge in [-0.3, -0.25) is 19.4 Å². The lowest BCUT2D eigenvalue weighted by Gasteiger charge is -2.41. The van der Waals surface area contributed by atoms with Crippen molar-refractivity contribution in [3.8, 4) is 5.95 Å². The lowest BCUT2D eigenvalue weighted by atomic mass is 10.1. The summed E-state index contributed by atoms with van der Waals surface area (Å²) in [5.74, 6) is 0.698. The zero-order valence-corrected chi connectivity index (χ0v) is 16.9. The van der Waals surface area contributed by atoms with Crippen LogP contribution in [0.4, 0.5) is 0 Å². The third-order valence-electron chi connectivity index (χ3n) is 5.45. The Morgan fingerprint density at radius 2 is 1.90 bits per heavy atom. The first-order valence-corrected chi connectivity index (χ1v) is 10.2. The molecule has 3 aromatic heterocycles. The van der Waals surface area contributed by atoms with E-state index in [0.29, 0.717) is 12.0 Å². The maximum absolute atomic E-state index is 9.60. The zero-order chi connectivity index (χ0) is 20.1. The van der Waals surface area contributed by atoms with Gasteiger partial charge in [-0.1, -0.05) is 6.07 Å². The second-order valence-corrected chi connectivity index (χ2v) is 7.56. The molecule has 0 amide bonds. The molecule has 7 nitrogen and oxygen atoms in total. The van der Waals surface area contributed by atoms with Crippen LogP contribution in [-0.2, 0) is 13.1 Å². The highest BCUT2D eigenvalue weighted by atomic mass is 16.3. The van der Waals surface area contributed by atoms with Crippen molar-refractivity contribution in [2.24, 2.45) is 0 Å². The molecule has 0 bridgehead atoms. The molecule has 0 aromatic carbocycles. The van der Waals surface area contributed by atoms with Crippen LogP contribution < -0.4 is 0 Å². The maximum atomic E-state index is 9.60. The predicted molar refractivity (Wildman–Crippen MR) is 112 cm³/mol. The predicted octanol–water partition coefficient (Wildman–Crippen LogP) is 2.04. The van der Waals surface area contributed by atoms with Crippen LogP contribution in [0.3, 0.4) is 0 Å². The number of hydrogen-bond donors (Lipinski definition) is 1. The van der Waals surface area contributed by atoms with Crippen LogP contribution >= 0.6 is 0 Å². The average molecular weight is 393 g/mol. The Morgan fingerprint density at radius 3 is 2.69 bits per heavy atom. The fraction of sp³-hybridized carbons (Fsp3) is 0.409. The third kappa shape index (κ3) is 4.87. The summed E-state index contributed by atoms with van der Waals surface area (Å²) in [6, 6.07) is 12.5. The number of piperazine rings is 1. The monoisotopic (exact) mass is 392 g/mol. The van der Waals surface area contributed by atoms with E-state index in [1.54, 1.807) is 12.4 Å². The van der Waals surface area contributed by atoms with Crippen molar-refractivity contribution >= 4 is 0 Å². The van der Waals surface area contributed by atoms with Crippen molar-refractivity contribution in [3.63, 3.8) is 0 Å². The van der Waals surface area contributed by atoms with Crippen LogP contribution in [0, 0.1) is 6.92 Å². The summed E-state index contributed by atoms with van der Waals surface area (Å²) in [6.07, 6.45) is 6.31. The molecule has 1 aliphatic heterocycles. The first kappa shape index (κ1) is 19.7. The number of pyridine rings is 1. The van der Waals surface area contributed by atoms with Gasteiger partial charge in [-0.05, 0) is 43.7 Å². The molecule has 7 heteroatoms. The number of aryl methyl sites for hydroxylation is 1. The molecule has 29 heavy (non-hydrogen) atoms. The Kier molecular flexibility index (Phi) is 6.29. The molecule has 1 saturated heterocycles. The first-order chi connectivity index (χ1) is 14.2. The molecule has 4 heterocycles. The topological polar surface area (TPSA) is 70.3 Å². The molecule has 1 N–H and O–H groups in total. The van der Waals surface area contributed by atoms with E-state index in [9.17, 15) is 5.11 Å². The molecule has 1 fully saturated rings. The first-order valence-electron chi connectivity index (χ1n) is 10.2. The van der Waals surface area contributed by atoms with Gasteiger partial charge < -0.3 is 5.11 Å². The summed E-state index contributed by atoms with van der Waals surface area (Å²) in [5, 5.41) is 9.60. The third-order valence-corrected chi connectivity index (χ3v) is 5.45. The van der Waals surface area contributed by atoms with Gasteiger partial charge in [0.05, 0.1) is 5.69 Å². The molecule has 1 atom stereocenters. The van der Waals surface area contributed by atoms with Gasteiger partial charge in [0.1, 0.15) is 0 Å². The van der Waals surface area contributed by atoms with Crippen LogP contribution in [0.25, 0.3) is 5.95 Å². The Balaban J connectivity index is 1.43. The number of hydrogen-bond acceptors (Lipinski definition) is 6. The maximum Gasteiger partial charge on any atom is 0.233 e. The smallest absolute Gasteiger partial charge is 0.233 e. The van der Waals surface area contributed by atoms with Gasteiger partial charge in [-0.15, -0.1) is 0 Å². The van der Waals surface area contributed by atoms with Crippen LogP contribution in [0.5, 0.6) is 0 Å². The van der Waals surface area contributed by atoms with E-state index in [1.165, 1.54) is 5.69 Å². The summed E-state index contributed by atoms with van der Waals surface area (Å²) in [4.78, 5) is 18.3. The minimum absolute atomic E-state index is 0.199. The van der Waals surface area contributed by atoms with Crippen molar-refractivity contribution in [3.05, 3.63) is 72.1 Å². The van der Waals surface area contributed by atoms with Gasteiger partial charge in [0.2, 0.25) is 5.95 Å². The van der Waals surface area contributed by atoms with E-state index in [2.05, 4.69) is 43.0 Å². The fourth-order valence-corrected chi connectivity index (χ4v) is 4.01. The van der Waals surface area contributed by atoms with Gasteiger partial charge in [-0.2, -0.15) is 0 Å². The summed E-state index contributed by atoms with van der Waals surface area (Å²) < 4.78 is 2.05. The number of aromatic nitrogens is 4. The molecular formula is C22H28N6O. The van der Waals surface area contributed by atoms with Crippen LogP contribution in [0.1, 0.15) is 23.5 Å². The summed E-state index contributed by atoms with van der Waals surface area (Å²) >= 11 is 0. The second kappa shape index (κ2) is 9.26. The normalized spacial score (nSPS) is 18.2. The largest absolute Gasteiger partial charge is 0.396 e. The quantitative estimate of drug-likeness (QED) is 0.664. The van der Waals surface area contributed by atoms with Crippen LogP contribution in [-0.4, -0.2) is 66.7 Å². The summed E-state index contributed by atoms with van der Waals surface area (Å²) in [6.45, 7) is 6.76. The summed E-state index contributed by atoms with van der Waals surface area (Å²) in [5.41, 5.74) is 3.31. The van der Waals surface area contributed by atoms with Gasteiger partial charge in [0.15, 0.2) is 0 Å². The van der Waals surface area contributed by atoms with Crippen molar-refractivity contribution in [1.29, 1.82) is 0 Å². The van der Waals surface area contributed by atoms with E-state index < -0.39 is 0 Å². The van der Waals surface area contributed by atoms with E-state index in [4.69, 9.17) is 0 Å². The van der Waals surface area contributed by atoms with Crippen molar-refractivity contribution in [2.75, 3.05) is 26.2 Å².